The molecule has 1 aliphatic carbocycles. The van der Waals surface area contributed by atoms with Crippen molar-refractivity contribution in [3.63, 3.8) is 0 Å². The van der Waals surface area contributed by atoms with Crippen molar-refractivity contribution in [2.24, 2.45) is 5.92 Å². The first-order chi connectivity index (χ1) is 8.88. The molecule has 0 radical (unpaired) electrons. The third-order valence-electron chi connectivity index (χ3n) is 3.46. The smallest absolute Gasteiger partial charge is 0.323 e. The van der Waals surface area contributed by atoms with E-state index in [0.717, 1.165) is 12.8 Å². The molecule has 2 N–H and O–H groups in total. The minimum absolute atomic E-state index is 0.169. The van der Waals surface area contributed by atoms with Gasteiger partial charge < -0.3 is 15.3 Å². The van der Waals surface area contributed by atoms with E-state index in [4.69, 9.17) is 5.11 Å². The third-order valence-corrected chi connectivity index (χ3v) is 4.88. The van der Waals surface area contributed by atoms with Crippen LogP contribution in [-0.2, 0) is 4.79 Å². The van der Waals surface area contributed by atoms with Gasteiger partial charge in [0.15, 0.2) is 0 Å². The number of urea groups is 1. The van der Waals surface area contributed by atoms with Crippen LogP contribution >= 0.6 is 11.8 Å². The maximum Gasteiger partial charge on any atom is 0.323 e. The normalized spacial score (nSPS) is 16.8. The van der Waals surface area contributed by atoms with Crippen molar-refractivity contribution in [3.8, 4) is 0 Å². The average Bonchev–Trinajstić information content (AvgIpc) is 2.25. The van der Waals surface area contributed by atoms with Gasteiger partial charge in [-0.15, -0.1) is 0 Å². The van der Waals surface area contributed by atoms with E-state index in [1.54, 1.807) is 11.8 Å². The van der Waals surface area contributed by atoms with Crippen LogP contribution in [0.2, 0.25) is 0 Å². The Morgan fingerprint density at radius 1 is 1.42 bits per heavy atom. The predicted octanol–water partition coefficient (Wildman–Crippen LogP) is 2.02. The number of nitrogens with one attached hydrogen (secondary N) is 1. The number of carboxylic acid groups (broad SMARTS) is 1. The average molecular weight is 288 g/mol. The van der Waals surface area contributed by atoms with Gasteiger partial charge >= 0.3 is 12.0 Å². The summed E-state index contributed by atoms with van der Waals surface area (Å²) >= 11 is 1.79. The molecular weight excluding hydrogens is 264 g/mol. The van der Waals surface area contributed by atoms with E-state index < -0.39 is 5.97 Å². The van der Waals surface area contributed by atoms with Crippen LogP contribution in [0, 0.1) is 5.92 Å². The van der Waals surface area contributed by atoms with Gasteiger partial charge in [0.1, 0.15) is 6.54 Å². The predicted molar refractivity (Wildman–Crippen MR) is 77.5 cm³/mol. The van der Waals surface area contributed by atoms with Crippen molar-refractivity contribution in [2.45, 2.75) is 37.9 Å². The van der Waals surface area contributed by atoms with Gasteiger partial charge in [0.05, 0.1) is 0 Å². The van der Waals surface area contributed by atoms with Crippen LogP contribution in [0.25, 0.3) is 0 Å². The fourth-order valence-electron chi connectivity index (χ4n) is 2.20. The Bertz CT molecular complexity index is 324. The fourth-order valence-corrected chi connectivity index (χ4v) is 3.11. The summed E-state index contributed by atoms with van der Waals surface area (Å²) < 4.78 is 0.169. The lowest BCUT2D eigenvalue weighted by Gasteiger charge is -2.40. The van der Waals surface area contributed by atoms with E-state index in [2.05, 4.69) is 11.6 Å². The number of carbonyl (C=O) groups excluding carboxylic acids is 1. The minimum Gasteiger partial charge on any atom is -0.480 e. The monoisotopic (exact) mass is 288 g/mol. The number of carboxylic acids is 1. The molecule has 0 unspecified atom stereocenters. The molecule has 1 rings (SSSR count). The number of aliphatic carboxylic acids is 1. The van der Waals surface area contributed by atoms with Crippen molar-refractivity contribution in [2.75, 3.05) is 25.9 Å². The van der Waals surface area contributed by atoms with Crippen LogP contribution in [0.5, 0.6) is 0 Å². The molecule has 0 saturated heterocycles. The summed E-state index contributed by atoms with van der Waals surface area (Å²) in [4.78, 5) is 24.2. The molecular formula is C13H24N2O3S. The number of hydrogen-bond acceptors (Lipinski definition) is 3. The first kappa shape index (κ1) is 16.1. The van der Waals surface area contributed by atoms with Crippen molar-refractivity contribution < 1.29 is 14.7 Å². The zero-order chi connectivity index (χ0) is 14.5. The number of carbonyl (C=O) groups is 2. The van der Waals surface area contributed by atoms with E-state index >= 15 is 0 Å². The summed E-state index contributed by atoms with van der Waals surface area (Å²) in [6.07, 6.45) is 5.52. The maximum atomic E-state index is 12.1. The first-order valence-electron chi connectivity index (χ1n) is 6.68. The highest BCUT2D eigenvalue weighted by atomic mass is 32.2. The van der Waals surface area contributed by atoms with Crippen LogP contribution in [0.15, 0.2) is 0 Å². The molecule has 0 aromatic carbocycles. The van der Waals surface area contributed by atoms with Gasteiger partial charge in [0.2, 0.25) is 0 Å². The van der Waals surface area contributed by atoms with Gasteiger partial charge in [0.25, 0.3) is 0 Å². The minimum atomic E-state index is -0.973. The molecule has 1 fully saturated rings. The number of nitrogens with zero attached hydrogens (tertiary/aromatic N) is 1. The maximum absolute atomic E-state index is 12.1. The fraction of sp³-hybridized carbons (Fsp3) is 0.846. The Balaban J connectivity index is 2.48. The zero-order valence-electron chi connectivity index (χ0n) is 11.9. The lowest BCUT2D eigenvalue weighted by molar-refractivity contribution is -0.137. The molecule has 5 nitrogen and oxygen atoms in total. The van der Waals surface area contributed by atoms with Crippen LogP contribution in [0.3, 0.4) is 0 Å². The summed E-state index contributed by atoms with van der Waals surface area (Å²) in [6.45, 7) is 4.79. The second-order valence-electron chi connectivity index (χ2n) is 5.57. The lowest BCUT2D eigenvalue weighted by Crippen LogP contribution is -2.50. The Kier molecular flexibility index (Phi) is 5.97. The van der Waals surface area contributed by atoms with Crippen LogP contribution in [0.1, 0.15) is 33.1 Å². The highest BCUT2D eigenvalue weighted by Crippen LogP contribution is 2.42. The number of rotatable bonds is 7. The largest absolute Gasteiger partial charge is 0.480 e. The van der Waals surface area contributed by atoms with E-state index in [1.807, 2.05) is 13.8 Å². The molecule has 1 saturated carbocycles. The molecule has 0 aromatic rings. The van der Waals surface area contributed by atoms with Crippen LogP contribution in [0.4, 0.5) is 4.79 Å². The SMILES string of the molecule is CSC1(CNC(=O)N(CC(=O)O)CC(C)C)CCC1. The van der Waals surface area contributed by atoms with Gasteiger partial charge in [-0.1, -0.05) is 20.3 Å². The van der Waals surface area contributed by atoms with E-state index in [9.17, 15) is 9.59 Å². The molecule has 0 atom stereocenters. The van der Waals surface area contributed by atoms with E-state index in [0.29, 0.717) is 13.1 Å². The molecule has 1 aliphatic rings. The van der Waals surface area contributed by atoms with E-state index in [1.165, 1.54) is 11.3 Å². The van der Waals surface area contributed by atoms with Crippen molar-refractivity contribution in [1.29, 1.82) is 0 Å². The van der Waals surface area contributed by atoms with Crippen LogP contribution in [-0.4, -0.2) is 52.6 Å². The summed E-state index contributed by atoms with van der Waals surface area (Å²) in [7, 11) is 0. The molecule has 0 aromatic heterocycles. The Morgan fingerprint density at radius 3 is 2.42 bits per heavy atom. The molecule has 110 valence electrons. The number of hydrogen-bond donors (Lipinski definition) is 2. The quantitative estimate of drug-likeness (QED) is 0.752. The Hall–Kier alpha value is -0.910. The van der Waals surface area contributed by atoms with Gasteiger partial charge in [-0.05, 0) is 25.0 Å². The molecule has 19 heavy (non-hydrogen) atoms. The van der Waals surface area contributed by atoms with Gasteiger partial charge in [-0.3, -0.25) is 4.79 Å². The Morgan fingerprint density at radius 2 is 2.05 bits per heavy atom. The molecule has 0 spiro atoms. The topological polar surface area (TPSA) is 69.6 Å². The summed E-state index contributed by atoms with van der Waals surface area (Å²) in [5.74, 6) is -0.720. The molecule has 0 heterocycles. The summed E-state index contributed by atoms with van der Waals surface area (Å²) in [5, 5.41) is 11.7. The summed E-state index contributed by atoms with van der Waals surface area (Å²) in [6, 6.07) is -0.267. The first-order valence-corrected chi connectivity index (χ1v) is 7.91. The standard InChI is InChI=1S/C13H24N2O3S/c1-10(2)7-15(8-11(16)17)12(18)14-9-13(19-3)5-4-6-13/h10H,4-9H2,1-3H3,(H,14,18)(H,16,17). The zero-order valence-corrected chi connectivity index (χ0v) is 12.8. The van der Waals surface area contributed by atoms with Crippen LogP contribution < -0.4 is 5.32 Å². The van der Waals surface area contributed by atoms with Crippen molar-refractivity contribution >= 4 is 23.8 Å². The third kappa shape index (κ3) is 4.93. The highest BCUT2D eigenvalue weighted by Gasteiger charge is 2.36. The highest BCUT2D eigenvalue weighted by molar-refractivity contribution is 8.00. The van der Waals surface area contributed by atoms with Gasteiger partial charge in [0, 0.05) is 17.8 Å². The molecule has 0 aliphatic heterocycles. The molecule has 6 heteroatoms. The lowest BCUT2D eigenvalue weighted by atomic mass is 9.84. The number of amides is 2. The van der Waals surface area contributed by atoms with Gasteiger partial charge in [-0.2, -0.15) is 11.8 Å². The van der Waals surface area contributed by atoms with Crippen molar-refractivity contribution in [1.82, 2.24) is 10.2 Å². The molecule has 0 bridgehead atoms. The van der Waals surface area contributed by atoms with Crippen molar-refractivity contribution in [3.05, 3.63) is 0 Å². The Labute approximate surface area is 119 Å². The second kappa shape index (κ2) is 7.03. The van der Waals surface area contributed by atoms with Gasteiger partial charge in [-0.25, -0.2) is 4.79 Å². The second-order valence-corrected chi connectivity index (χ2v) is 6.84. The summed E-state index contributed by atoms with van der Waals surface area (Å²) in [5.41, 5.74) is 0. The molecule has 2 amide bonds. The van der Waals surface area contributed by atoms with E-state index in [-0.39, 0.29) is 23.2 Å². The number of thioether (sulfide) groups is 1.